The maximum atomic E-state index is 12.7. The Morgan fingerprint density at radius 1 is 1.05 bits per heavy atom. The number of hydrogen-bond acceptors (Lipinski definition) is 4. The second kappa shape index (κ2) is 4.25. The maximum Gasteiger partial charge on any atom is 0.257 e. The largest absolute Gasteiger partial charge is 0.294 e. The van der Waals surface area contributed by atoms with Crippen LogP contribution in [0.5, 0.6) is 0 Å². The average Bonchev–Trinajstić information content (AvgIpc) is 2.93. The molecule has 2 heterocycles. The first-order chi connectivity index (χ1) is 10.6. The van der Waals surface area contributed by atoms with E-state index in [1.807, 2.05) is 0 Å². The van der Waals surface area contributed by atoms with E-state index in [4.69, 9.17) is 0 Å². The Morgan fingerprint density at radius 3 is 2.32 bits per heavy atom. The molecule has 2 saturated heterocycles. The van der Waals surface area contributed by atoms with Gasteiger partial charge in [0.2, 0.25) is 17.7 Å². The van der Waals surface area contributed by atoms with Crippen molar-refractivity contribution in [3.05, 3.63) is 36.5 Å². The van der Waals surface area contributed by atoms with Crippen LogP contribution in [0.4, 0.5) is 0 Å². The summed E-state index contributed by atoms with van der Waals surface area (Å²) in [6.45, 7) is 0. The first-order valence-corrected chi connectivity index (χ1v) is 7.33. The average molecular weight is 298 g/mol. The molecule has 0 aromatic rings. The summed E-state index contributed by atoms with van der Waals surface area (Å²) in [6.07, 6.45) is 11.2. The van der Waals surface area contributed by atoms with E-state index < -0.39 is 46.9 Å². The van der Waals surface area contributed by atoms with Crippen molar-refractivity contribution in [1.82, 2.24) is 10.2 Å². The van der Waals surface area contributed by atoms with Crippen LogP contribution in [0.1, 0.15) is 12.8 Å². The Morgan fingerprint density at radius 2 is 1.68 bits per heavy atom. The zero-order chi connectivity index (χ0) is 15.5. The van der Waals surface area contributed by atoms with Gasteiger partial charge in [0.15, 0.2) is 5.54 Å². The van der Waals surface area contributed by atoms with Crippen molar-refractivity contribution in [2.24, 2.45) is 17.8 Å². The third-order valence-electron chi connectivity index (χ3n) is 4.96. The quantitative estimate of drug-likeness (QED) is 0.549. The van der Waals surface area contributed by atoms with Crippen molar-refractivity contribution < 1.29 is 19.2 Å². The highest BCUT2D eigenvalue weighted by Crippen LogP contribution is 2.44. The van der Waals surface area contributed by atoms with Crippen LogP contribution < -0.4 is 5.32 Å². The SMILES string of the molecule is O=C1NC(=O)C2(N3C(=O)C4C=CC=CC4C3=O)C=CCCC12. The predicted molar refractivity (Wildman–Crippen MR) is 74.9 cm³/mol. The van der Waals surface area contributed by atoms with E-state index in [1.165, 1.54) is 0 Å². The number of fused-ring (bicyclic) bond motifs is 2. The lowest BCUT2D eigenvalue weighted by atomic mass is 9.77. The van der Waals surface area contributed by atoms with Gasteiger partial charge in [-0.15, -0.1) is 0 Å². The molecular formula is C16H14N2O4. The third-order valence-corrected chi connectivity index (χ3v) is 4.96. The minimum atomic E-state index is -1.48. The first kappa shape index (κ1) is 13.2. The number of imide groups is 2. The number of nitrogens with zero attached hydrogens (tertiary/aromatic N) is 1. The molecule has 4 atom stereocenters. The number of carbonyl (C=O) groups excluding carboxylic acids is 4. The van der Waals surface area contributed by atoms with Gasteiger partial charge in [0.1, 0.15) is 0 Å². The van der Waals surface area contributed by atoms with Gasteiger partial charge in [-0.05, 0) is 12.8 Å². The molecule has 112 valence electrons. The number of amides is 4. The fraction of sp³-hybridized carbons (Fsp3) is 0.375. The molecule has 4 rings (SSSR count). The number of allylic oxidation sites excluding steroid dienone is 3. The van der Waals surface area contributed by atoms with Gasteiger partial charge in [-0.25, -0.2) is 0 Å². The molecule has 0 bridgehead atoms. The van der Waals surface area contributed by atoms with Crippen molar-refractivity contribution in [2.45, 2.75) is 18.4 Å². The molecule has 4 amide bonds. The Kier molecular flexibility index (Phi) is 2.55. The van der Waals surface area contributed by atoms with E-state index >= 15 is 0 Å². The Hall–Kier alpha value is -2.50. The molecule has 22 heavy (non-hydrogen) atoms. The van der Waals surface area contributed by atoms with Crippen LogP contribution in [0.3, 0.4) is 0 Å². The minimum Gasteiger partial charge on any atom is -0.294 e. The topological polar surface area (TPSA) is 83.6 Å². The van der Waals surface area contributed by atoms with Crippen LogP contribution in [-0.2, 0) is 19.2 Å². The molecule has 1 N–H and O–H groups in total. The van der Waals surface area contributed by atoms with E-state index in [0.29, 0.717) is 12.8 Å². The van der Waals surface area contributed by atoms with Gasteiger partial charge in [-0.2, -0.15) is 0 Å². The van der Waals surface area contributed by atoms with Gasteiger partial charge < -0.3 is 0 Å². The summed E-state index contributed by atoms with van der Waals surface area (Å²) in [7, 11) is 0. The molecule has 2 aliphatic heterocycles. The summed E-state index contributed by atoms with van der Waals surface area (Å²) < 4.78 is 0. The monoisotopic (exact) mass is 298 g/mol. The summed E-state index contributed by atoms with van der Waals surface area (Å²) in [5, 5.41) is 2.29. The molecule has 6 nitrogen and oxygen atoms in total. The number of hydrogen-bond donors (Lipinski definition) is 1. The predicted octanol–water partition coefficient (Wildman–Crippen LogP) is 0.0750. The lowest BCUT2D eigenvalue weighted by molar-refractivity contribution is -0.152. The van der Waals surface area contributed by atoms with E-state index in [9.17, 15) is 19.2 Å². The highest BCUT2D eigenvalue weighted by Gasteiger charge is 2.64. The lowest BCUT2D eigenvalue weighted by Crippen LogP contribution is -2.59. The Bertz CT molecular complexity index is 675. The second-order valence-electron chi connectivity index (χ2n) is 6.01. The van der Waals surface area contributed by atoms with Gasteiger partial charge >= 0.3 is 0 Å². The number of likely N-dealkylation sites (tertiary alicyclic amines) is 1. The van der Waals surface area contributed by atoms with Crippen LogP contribution in [0.15, 0.2) is 36.5 Å². The number of carbonyl (C=O) groups is 4. The van der Waals surface area contributed by atoms with Crippen molar-refractivity contribution in [3.63, 3.8) is 0 Å². The summed E-state index contributed by atoms with van der Waals surface area (Å²) >= 11 is 0. The van der Waals surface area contributed by atoms with Gasteiger partial charge in [-0.3, -0.25) is 29.4 Å². The van der Waals surface area contributed by atoms with E-state index in [-0.39, 0.29) is 0 Å². The highest BCUT2D eigenvalue weighted by atomic mass is 16.2. The molecule has 0 radical (unpaired) electrons. The summed E-state index contributed by atoms with van der Waals surface area (Å²) in [5.41, 5.74) is -1.48. The molecule has 6 heteroatoms. The summed E-state index contributed by atoms with van der Waals surface area (Å²) in [6, 6.07) is 0. The van der Waals surface area contributed by atoms with Crippen LogP contribution in [0.2, 0.25) is 0 Å². The highest BCUT2D eigenvalue weighted by molar-refractivity contribution is 6.18. The fourth-order valence-electron chi connectivity index (χ4n) is 3.91. The molecular weight excluding hydrogens is 284 g/mol. The van der Waals surface area contributed by atoms with Gasteiger partial charge in [0, 0.05) is 0 Å². The van der Waals surface area contributed by atoms with E-state index in [2.05, 4.69) is 5.32 Å². The molecule has 2 aliphatic carbocycles. The molecule has 0 saturated carbocycles. The standard InChI is InChI=1S/C16H14N2O4/c19-12-11-7-3-4-8-16(11,15(22)17-12)18-13(20)9-5-1-2-6-10(9)14(18)21/h1-2,4-6,8-11H,3,7H2,(H,17,19,22). The molecule has 4 unspecified atom stereocenters. The van der Waals surface area contributed by atoms with Crippen molar-refractivity contribution in [3.8, 4) is 0 Å². The van der Waals surface area contributed by atoms with Crippen molar-refractivity contribution >= 4 is 23.6 Å². The van der Waals surface area contributed by atoms with Crippen LogP contribution in [0, 0.1) is 17.8 Å². The van der Waals surface area contributed by atoms with E-state index in [1.54, 1.807) is 36.5 Å². The first-order valence-electron chi connectivity index (χ1n) is 7.33. The second-order valence-corrected chi connectivity index (χ2v) is 6.01. The third kappa shape index (κ3) is 1.39. The smallest absolute Gasteiger partial charge is 0.257 e. The summed E-state index contributed by atoms with van der Waals surface area (Å²) in [5.74, 6) is -3.64. The number of nitrogens with one attached hydrogen (secondary N) is 1. The molecule has 0 aromatic heterocycles. The molecule has 0 aromatic carbocycles. The van der Waals surface area contributed by atoms with Crippen LogP contribution >= 0.6 is 0 Å². The van der Waals surface area contributed by atoms with Crippen molar-refractivity contribution in [2.75, 3.05) is 0 Å². The van der Waals surface area contributed by atoms with Gasteiger partial charge in [0.25, 0.3) is 5.91 Å². The van der Waals surface area contributed by atoms with E-state index in [0.717, 1.165) is 4.90 Å². The Labute approximate surface area is 126 Å². The Balaban J connectivity index is 1.86. The molecule has 2 fully saturated rings. The van der Waals surface area contributed by atoms with Crippen LogP contribution in [-0.4, -0.2) is 34.1 Å². The van der Waals surface area contributed by atoms with Gasteiger partial charge in [-0.1, -0.05) is 36.5 Å². The maximum absolute atomic E-state index is 12.7. The molecule has 4 aliphatic rings. The van der Waals surface area contributed by atoms with Gasteiger partial charge in [0.05, 0.1) is 17.8 Å². The minimum absolute atomic E-state index is 0.406. The zero-order valence-electron chi connectivity index (χ0n) is 11.7. The normalized spacial score (nSPS) is 39.3. The fourth-order valence-corrected chi connectivity index (χ4v) is 3.91. The van der Waals surface area contributed by atoms with Crippen molar-refractivity contribution in [1.29, 1.82) is 0 Å². The number of rotatable bonds is 1. The van der Waals surface area contributed by atoms with Crippen LogP contribution in [0.25, 0.3) is 0 Å². The lowest BCUT2D eigenvalue weighted by Gasteiger charge is -2.38. The summed E-state index contributed by atoms with van der Waals surface area (Å²) in [4.78, 5) is 51.0. The molecule has 0 spiro atoms. The zero-order valence-corrected chi connectivity index (χ0v) is 11.7.